The van der Waals surface area contributed by atoms with Crippen molar-refractivity contribution < 1.29 is 4.79 Å². The van der Waals surface area contributed by atoms with Crippen LogP contribution in [0.15, 0.2) is 29.8 Å². The Morgan fingerprint density at radius 2 is 2.30 bits per heavy atom. The van der Waals surface area contributed by atoms with Crippen molar-refractivity contribution in [1.29, 1.82) is 0 Å². The van der Waals surface area contributed by atoms with Gasteiger partial charge in [-0.1, -0.05) is 6.07 Å². The third-order valence-electron chi connectivity index (χ3n) is 3.73. The highest BCUT2D eigenvalue weighted by atomic mass is 35.5. The largest absolute Gasteiger partial charge is 0.341 e. The summed E-state index contributed by atoms with van der Waals surface area (Å²) >= 11 is 1.61. The van der Waals surface area contributed by atoms with Crippen molar-refractivity contribution in [3.8, 4) is 10.7 Å². The molecular formula is C16H21ClN4OS. The summed E-state index contributed by atoms with van der Waals surface area (Å²) in [7, 11) is 0. The van der Waals surface area contributed by atoms with Crippen molar-refractivity contribution in [2.75, 3.05) is 13.1 Å². The molecule has 1 unspecified atom stereocenters. The Labute approximate surface area is 146 Å². The second-order valence-corrected chi connectivity index (χ2v) is 6.44. The Bertz CT molecular complexity index is 634. The normalized spacial score (nSPS) is 15.5. The zero-order valence-electron chi connectivity index (χ0n) is 13.1. The minimum absolute atomic E-state index is 0. The molecule has 1 atom stereocenters. The molecule has 124 valence electrons. The molecule has 1 N–H and O–H groups in total. The molecule has 1 aliphatic rings. The third kappa shape index (κ3) is 4.73. The number of aromatic nitrogens is 2. The molecule has 3 heterocycles. The number of carbonyl (C=O) groups excluding carboxylic acids is 1. The van der Waals surface area contributed by atoms with Gasteiger partial charge in [0.2, 0.25) is 5.91 Å². The lowest BCUT2D eigenvalue weighted by Gasteiger charge is -2.21. The van der Waals surface area contributed by atoms with E-state index in [1.54, 1.807) is 17.5 Å². The van der Waals surface area contributed by atoms with Crippen molar-refractivity contribution in [2.45, 2.75) is 32.4 Å². The van der Waals surface area contributed by atoms with E-state index < -0.39 is 0 Å². The Morgan fingerprint density at radius 1 is 1.43 bits per heavy atom. The second kappa shape index (κ2) is 8.38. The summed E-state index contributed by atoms with van der Waals surface area (Å²) in [5, 5.41) is 6.45. The van der Waals surface area contributed by atoms with Crippen LogP contribution in [-0.2, 0) is 11.3 Å². The lowest BCUT2D eigenvalue weighted by Crippen LogP contribution is -2.39. The predicted octanol–water partition coefficient (Wildman–Crippen LogP) is 2.73. The summed E-state index contributed by atoms with van der Waals surface area (Å²) in [6.45, 7) is 4.49. The molecule has 0 bridgehead atoms. The number of thiazole rings is 1. The number of hydrogen-bond acceptors (Lipinski definition) is 5. The molecule has 0 radical (unpaired) electrons. The number of likely N-dealkylation sites (tertiary alicyclic amines) is 1. The number of amides is 1. The third-order valence-corrected chi connectivity index (χ3v) is 4.65. The zero-order valence-corrected chi connectivity index (χ0v) is 14.7. The van der Waals surface area contributed by atoms with Crippen molar-refractivity contribution in [3.63, 3.8) is 0 Å². The number of carbonyl (C=O) groups is 1. The van der Waals surface area contributed by atoms with Crippen LogP contribution in [-0.4, -0.2) is 39.9 Å². The quantitative estimate of drug-likeness (QED) is 0.868. The minimum Gasteiger partial charge on any atom is -0.341 e. The Morgan fingerprint density at radius 3 is 3.00 bits per heavy atom. The van der Waals surface area contributed by atoms with Crippen LogP contribution in [0.4, 0.5) is 0 Å². The molecule has 23 heavy (non-hydrogen) atoms. The first-order valence-corrected chi connectivity index (χ1v) is 8.47. The van der Waals surface area contributed by atoms with Gasteiger partial charge in [0, 0.05) is 43.7 Å². The smallest absolute Gasteiger partial charge is 0.222 e. The van der Waals surface area contributed by atoms with E-state index in [1.165, 1.54) is 0 Å². The van der Waals surface area contributed by atoms with Gasteiger partial charge in [-0.25, -0.2) is 4.98 Å². The zero-order chi connectivity index (χ0) is 15.4. The van der Waals surface area contributed by atoms with E-state index in [0.717, 1.165) is 35.9 Å². The van der Waals surface area contributed by atoms with Crippen molar-refractivity contribution in [1.82, 2.24) is 20.2 Å². The van der Waals surface area contributed by atoms with Crippen LogP contribution in [0.25, 0.3) is 10.7 Å². The van der Waals surface area contributed by atoms with Gasteiger partial charge in [-0.05, 0) is 25.5 Å². The summed E-state index contributed by atoms with van der Waals surface area (Å²) in [5.41, 5.74) is 1.93. The molecule has 1 aliphatic heterocycles. The highest BCUT2D eigenvalue weighted by Crippen LogP contribution is 2.21. The predicted molar refractivity (Wildman–Crippen MR) is 94.7 cm³/mol. The van der Waals surface area contributed by atoms with E-state index in [-0.39, 0.29) is 24.4 Å². The number of nitrogens with zero attached hydrogens (tertiary/aromatic N) is 3. The molecule has 5 nitrogen and oxygen atoms in total. The van der Waals surface area contributed by atoms with Gasteiger partial charge < -0.3 is 10.2 Å². The summed E-state index contributed by atoms with van der Waals surface area (Å²) < 4.78 is 0. The first-order valence-electron chi connectivity index (χ1n) is 7.59. The monoisotopic (exact) mass is 352 g/mol. The number of hydrogen-bond donors (Lipinski definition) is 1. The molecule has 0 spiro atoms. The Kier molecular flexibility index (Phi) is 6.50. The van der Waals surface area contributed by atoms with E-state index in [9.17, 15) is 4.79 Å². The molecule has 0 saturated carbocycles. The SMILES string of the molecule is CC(CN1CCCC1=O)NCc1csc(-c2ccccn2)n1.Cl. The van der Waals surface area contributed by atoms with Crippen LogP contribution in [0.5, 0.6) is 0 Å². The highest BCUT2D eigenvalue weighted by molar-refractivity contribution is 7.13. The second-order valence-electron chi connectivity index (χ2n) is 5.58. The van der Waals surface area contributed by atoms with Gasteiger partial charge in [0.05, 0.1) is 11.4 Å². The summed E-state index contributed by atoms with van der Waals surface area (Å²) in [4.78, 5) is 22.5. The molecular weight excluding hydrogens is 332 g/mol. The first-order chi connectivity index (χ1) is 10.7. The van der Waals surface area contributed by atoms with Crippen molar-refractivity contribution in [3.05, 3.63) is 35.5 Å². The maximum absolute atomic E-state index is 11.6. The average Bonchev–Trinajstić information content (AvgIpc) is 3.16. The van der Waals surface area contributed by atoms with Gasteiger partial charge in [0.1, 0.15) is 5.01 Å². The number of pyridine rings is 1. The van der Waals surface area contributed by atoms with Crippen LogP contribution < -0.4 is 5.32 Å². The molecule has 0 aliphatic carbocycles. The highest BCUT2D eigenvalue weighted by Gasteiger charge is 2.21. The maximum atomic E-state index is 11.6. The lowest BCUT2D eigenvalue weighted by atomic mass is 10.3. The summed E-state index contributed by atoms with van der Waals surface area (Å²) in [6.07, 6.45) is 3.47. The van der Waals surface area contributed by atoms with Gasteiger partial charge in [0.15, 0.2) is 0 Å². The topological polar surface area (TPSA) is 58.1 Å². The van der Waals surface area contributed by atoms with E-state index >= 15 is 0 Å². The number of halogens is 1. The minimum atomic E-state index is 0. The van der Waals surface area contributed by atoms with Gasteiger partial charge in [-0.15, -0.1) is 23.7 Å². The Hall–Kier alpha value is -1.50. The first kappa shape index (κ1) is 17.8. The average molecular weight is 353 g/mol. The van der Waals surface area contributed by atoms with Crippen molar-refractivity contribution in [2.24, 2.45) is 0 Å². The van der Waals surface area contributed by atoms with Crippen LogP contribution in [0.1, 0.15) is 25.5 Å². The van der Waals surface area contributed by atoms with E-state index in [2.05, 4.69) is 27.6 Å². The summed E-state index contributed by atoms with van der Waals surface area (Å²) in [5.74, 6) is 0.278. The fraction of sp³-hybridized carbons (Fsp3) is 0.438. The molecule has 3 rings (SSSR count). The van der Waals surface area contributed by atoms with Gasteiger partial charge in [-0.3, -0.25) is 9.78 Å². The number of nitrogens with one attached hydrogen (secondary N) is 1. The summed E-state index contributed by atoms with van der Waals surface area (Å²) in [6, 6.07) is 6.11. The Balaban J connectivity index is 0.00000192. The molecule has 1 amide bonds. The van der Waals surface area contributed by atoms with Crippen molar-refractivity contribution >= 4 is 29.7 Å². The maximum Gasteiger partial charge on any atom is 0.222 e. The van der Waals surface area contributed by atoms with Crippen LogP contribution in [0, 0.1) is 0 Å². The fourth-order valence-electron chi connectivity index (χ4n) is 2.57. The fourth-order valence-corrected chi connectivity index (χ4v) is 3.36. The lowest BCUT2D eigenvalue weighted by molar-refractivity contribution is -0.127. The molecule has 1 saturated heterocycles. The van der Waals surface area contributed by atoms with Gasteiger partial charge in [-0.2, -0.15) is 0 Å². The van der Waals surface area contributed by atoms with Crippen LogP contribution >= 0.6 is 23.7 Å². The number of rotatable bonds is 6. The van der Waals surface area contributed by atoms with E-state index in [1.807, 2.05) is 23.1 Å². The molecule has 2 aromatic heterocycles. The molecule has 0 aromatic carbocycles. The van der Waals surface area contributed by atoms with E-state index in [4.69, 9.17) is 0 Å². The molecule has 7 heteroatoms. The molecule has 1 fully saturated rings. The van der Waals surface area contributed by atoms with Gasteiger partial charge in [0.25, 0.3) is 0 Å². The van der Waals surface area contributed by atoms with Crippen LogP contribution in [0.3, 0.4) is 0 Å². The standard InChI is InChI=1S/C16H20N4OS.ClH/c1-12(10-20-8-4-6-15(20)21)18-9-13-11-22-16(19-13)14-5-2-3-7-17-14;/h2-3,5,7,11-12,18H,4,6,8-10H2,1H3;1H. The molecule has 2 aromatic rings. The van der Waals surface area contributed by atoms with Gasteiger partial charge >= 0.3 is 0 Å². The van der Waals surface area contributed by atoms with E-state index in [0.29, 0.717) is 13.0 Å². The van der Waals surface area contributed by atoms with Crippen LogP contribution in [0.2, 0.25) is 0 Å².